The van der Waals surface area contributed by atoms with Crippen LogP contribution in [0.25, 0.3) is 5.69 Å². The average Bonchev–Trinajstić information content (AvgIpc) is 3.00. The van der Waals surface area contributed by atoms with Crippen LogP contribution in [0.1, 0.15) is 16.5 Å². The molecule has 1 unspecified atom stereocenters. The Balaban J connectivity index is 1.95. The first kappa shape index (κ1) is 14.1. The summed E-state index contributed by atoms with van der Waals surface area (Å²) >= 11 is 12.4. The van der Waals surface area contributed by atoms with Crippen LogP contribution in [0.4, 0.5) is 4.39 Å². The molecule has 0 radical (unpaired) electrons. The van der Waals surface area contributed by atoms with Crippen molar-refractivity contribution in [2.75, 3.05) is 0 Å². The predicted molar refractivity (Wildman–Crippen MR) is 82.7 cm³/mol. The van der Waals surface area contributed by atoms with Crippen molar-refractivity contribution in [3.05, 3.63) is 82.9 Å². The molecule has 0 bridgehead atoms. The van der Waals surface area contributed by atoms with Gasteiger partial charge in [-0.2, -0.15) is 5.10 Å². The summed E-state index contributed by atoms with van der Waals surface area (Å²) in [5, 5.41) is 3.78. The van der Waals surface area contributed by atoms with Gasteiger partial charge < -0.3 is 0 Å². The van der Waals surface area contributed by atoms with Crippen LogP contribution in [-0.2, 0) is 0 Å². The molecule has 0 saturated heterocycles. The molecule has 0 aliphatic carbocycles. The molecule has 0 saturated carbocycles. The second kappa shape index (κ2) is 5.88. The molecule has 1 atom stereocenters. The van der Waals surface area contributed by atoms with Gasteiger partial charge in [0.25, 0.3) is 0 Å². The summed E-state index contributed by atoms with van der Waals surface area (Å²) in [5.41, 5.74) is 2.22. The SMILES string of the molecule is Fc1cccc(C(Cl)c2cnn(-c3ccccc3)c2)c1Cl. The number of para-hydroxylation sites is 1. The lowest BCUT2D eigenvalue weighted by Gasteiger charge is -2.10. The first-order valence-corrected chi connectivity index (χ1v) is 7.16. The third kappa shape index (κ3) is 2.80. The fraction of sp³-hybridized carbons (Fsp3) is 0.0625. The Morgan fingerprint density at radius 2 is 1.81 bits per heavy atom. The standard InChI is InChI=1S/C16H11Cl2FN2/c17-15(13-7-4-8-14(19)16(13)18)11-9-20-21(10-11)12-5-2-1-3-6-12/h1-10,15H. The number of benzene rings is 2. The number of nitrogens with zero attached hydrogens (tertiary/aromatic N) is 2. The third-order valence-electron chi connectivity index (χ3n) is 3.17. The van der Waals surface area contributed by atoms with Gasteiger partial charge in [-0.05, 0) is 23.8 Å². The van der Waals surface area contributed by atoms with Gasteiger partial charge in [0.05, 0.1) is 22.3 Å². The second-order valence-corrected chi connectivity index (χ2v) is 5.37. The van der Waals surface area contributed by atoms with Crippen molar-refractivity contribution in [2.24, 2.45) is 0 Å². The molecule has 2 aromatic carbocycles. The summed E-state index contributed by atoms with van der Waals surface area (Å²) in [5.74, 6) is -0.477. The highest BCUT2D eigenvalue weighted by molar-refractivity contribution is 6.33. The predicted octanol–water partition coefficient (Wildman–Crippen LogP) is 4.99. The fourth-order valence-corrected chi connectivity index (χ4v) is 2.67. The van der Waals surface area contributed by atoms with E-state index in [0.29, 0.717) is 5.56 Å². The van der Waals surface area contributed by atoms with Crippen LogP contribution in [0.5, 0.6) is 0 Å². The Labute approximate surface area is 131 Å². The Kier molecular flexibility index (Phi) is 3.95. The largest absolute Gasteiger partial charge is 0.241 e. The molecule has 0 fully saturated rings. The van der Waals surface area contributed by atoms with Crippen LogP contribution in [0, 0.1) is 5.82 Å². The Bertz CT molecular complexity index is 756. The summed E-state index contributed by atoms with van der Waals surface area (Å²) in [6.07, 6.45) is 3.47. The molecule has 0 spiro atoms. The van der Waals surface area contributed by atoms with Crippen molar-refractivity contribution in [3.63, 3.8) is 0 Å². The molecule has 0 aliphatic rings. The molecule has 0 amide bonds. The highest BCUT2D eigenvalue weighted by Gasteiger charge is 2.18. The van der Waals surface area contributed by atoms with Gasteiger partial charge in [-0.25, -0.2) is 9.07 Å². The van der Waals surface area contributed by atoms with Gasteiger partial charge in [-0.1, -0.05) is 41.9 Å². The number of aromatic nitrogens is 2. The molecule has 1 aromatic heterocycles. The van der Waals surface area contributed by atoms with Crippen molar-refractivity contribution in [1.29, 1.82) is 0 Å². The van der Waals surface area contributed by atoms with Gasteiger partial charge in [0.15, 0.2) is 0 Å². The number of hydrogen-bond acceptors (Lipinski definition) is 1. The van der Waals surface area contributed by atoms with E-state index >= 15 is 0 Å². The maximum atomic E-state index is 13.5. The van der Waals surface area contributed by atoms with E-state index in [4.69, 9.17) is 23.2 Å². The van der Waals surface area contributed by atoms with Crippen LogP contribution in [0.3, 0.4) is 0 Å². The highest BCUT2D eigenvalue weighted by Crippen LogP contribution is 2.34. The van der Waals surface area contributed by atoms with Crippen LogP contribution < -0.4 is 0 Å². The number of hydrogen-bond donors (Lipinski definition) is 0. The van der Waals surface area contributed by atoms with E-state index in [1.807, 2.05) is 36.5 Å². The quantitative estimate of drug-likeness (QED) is 0.621. The van der Waals surface area contributed by atoms with Gasteiger partial charge >= 0.3 is 0 Å². The number of halogens is 3. The molecule has 0 aliphatic heterocycles. The van der Waals surface area contributed by atoms with Gasteiger partial charge in [-0.3, -0.25) is 0 Å². The highest BCUT2D eigenvalue weighted by atomic mass is 35.5. The zero-order valence-electron chi connectivity index (χ0n) is 10.9. The summed E-state index contributed by atoms with van der Waals surface area (Å²) in [6.45, 7) is 0. The first-order valence-electron chi connectivity index (χ1n) is 6.35. The van der Waals surface area contributed by atoms with Crippen LogP contribution in [-0.4, -0.2) is 9.78 Å². The first-order chi connectivity index (χ1) is 10.2. The molecule has 5 heteroatoms. The van der Waals surface area contributed by atoms with Gasteiger partial charge in [0.2, 0.25) is 0 Å². The molecular formula is C16H11Cl2FN2. The van der Waals surface area contributed by atoms with E-state index in [2.05, 4.69) is 5.10 Å². The van der Waals surface area contributed by atoms with E-state index in [1.54, 1.807) is 23.0 Å². The number of alkyl halides is 1. The summed E-state index contributed by atoms with van der Waals surface area (Å²) < 4.78 is 15.2. The molecule has 106 valence electrons. The van der Waals surface area contributed by atoms with Crippen molar-refractivity contribution in [3.8, 4) is 5.69 Å². The minimum atomic E-state index is -0.550. The van der Waals surface area contributed by atoms with Crippen LogP contribution in [0.15, 0.2) is 60.9 Å². The normalized spacial score (nSPS) is 12.3. The fourth-order valence-electron chi connectivity index (χ4n) is 2.09. The Morgan fingerprint density at radius 3 is 2.57 bits per heavy atom. The summed E-state index contributed by atoms with van der Waals surface area (Å²) in [6, 6.07) is 14.3. The summed E-state index contributed by atoms with van der Waals surface area (Å²) in [7, 11) is 0. The molecular weight excluding hydrogens is 310 g/mol. The molecule has 21 heavy (non-hydrogen) atoms. The maximum absolute atomic E-state index is 13.5. The van der Waals surface area contributed by atoms with E-state index < -0.39 is 11.2 Å². The zero-order valence-corrected chi connectivity index (χ0v) is 12.4. The number of rotatable bonds is 3. The van der Waals surface area contributed by atoms with Crippen molar-refractivity contribution >= 4 is 23.2 Å². The molecule has 3 aromatic rings. The third-order valence-corrected chi connectivity index (χ3v) is 4.06. The van der Waals surface area contributed by atoms with Crippen LogP contribution in [0.2, 0.25) is 5.02 Å². The molecule has 3 rings (SSSR count). The van der Waals surface area contributed by atoms with E-state index in [9.17, 15) is 4.39 Å². The van der Waals surface area contributed by atoms with Crippen molar-refractivity contribution in [2.45, 2.75) is 5.38 Å². The Morgan fingerprint density at radius 1 is 1.05 bits per heavy atom. The minimum absolute atomic E-state index is 0.0463. The molecule has 0 N–H and O–H groups in total. The van der Waals surface area contributed by atoms with Crippen molar-refractivity contribution < 1.29 is 4.39 Å². The monoisotopic (exact) mass is 320 g/mol. The lowest BCUT2D eigenvalue weighted by molar-refractivity contribution is 0.626. The average molecular weight is 321 g/mol. The summed E-state index contributed by atoms with van der Waals surface area (Å²) in [4.78, 5) is 0. The van der Waals surface area contributed by atoms with E-state index in [-0.39, 0.29) is 5.02 Å². The minimum Gasteiger partial charge on any atom is -0.241 e. The molecule has 1 heterocycles. The smallest absolute Gasteiger partial charge is 0.142 e. The lowest BCUT2D eigenvalue weighted by atomic mass is 10.1. The Hall–Kier alpha value is -1.84. The molecule has 2 nitrogen and oxygen atoms in total. The van der Waals surface area contributed by atoms with Crippen molar-refractivity contribution in [1.82, 2.24) is 9.78 Å². The zero-order chi connectivity index (χ0) is 14.8. The van der Waals surface area contributed by atoms with Gasteiger partial charge in [0, 0.05) is 11.8 Å². The van der Waals surface area contributed by atoms with E-state index in [0.717, 1.165) is 11.3 Å². The maximum Gasteiger partial charge on any atom is 0.142 e. The van der Waals surface area contributed by atoms with Gasteiger partial charge in [-0.15, -0.1) is 11.6 Å². The topological polar surface area (TPSA) is 17.8 Å². The second-order valence-electron chi connectivity index (χ2n) is 4.56. The van der Waals surface area contributed by atoms with Crippen LogP contribution >= 0.6 is 23.2 Å². The van der Waals surface area contributed by atoms with E-state index in [1.165, 1.54) is 6.07 Å². The van der Waals surface area contributed by atoms with Gasteiger partial charge in [0.1, 0.15) is 5.82 Å². The lowest BCUT2D eigenvalue weighted by Crippen LogP contribution is -1.96.